The molecule has 0 atom stereocenters. The average Bonchev–Trinajstić information content (AvgIpc) is 3.60. The van der Waals surface area contributed by atoms with Gasteiger partial charge in [0.15, 0.2) is 5.11 Å². The third-order valence-electron chi connectivity index (χ3n) is 5.96. The zero-order chi connectivity index (χ0) is 24.8. The van der Waals surface area contributed by atoms with Crippen LogP contribution < -0.4 is 14.5 Å². The number of hydrogen-bond donors (Lipinski definition) is 0. The molecule has 0 bridgehead atoms. The normalized spacial score (nSPS) is 17.8. The summed E-state index contributed by atoms with van der Waals surface area (Å²) in [6.07, 6.45) is -2.66. The molecule has 1 heterocycles. The van der Waals surface area contributed by atoms with Gasteiger partial charge >= 0.3 is 6.18 Å². The van der Waals surface area contributed by atoms with Crippen LogP contribution in [0.5, 0.6) is 5.75 Å². The van der Waals surface area contributed by atoms with Crippen molar-refractivity contribution in [1.82, 2.24) is 0 Å². The third-order valence-corrected chi connectivity index (χ3v) is 6.65. The highest BCUT2D eigenvalue weighted by molar-refractivity contribution is 9.09. The molecule has 0 aromatic heterocycles. The van der Waals surface area contributed by atoms with Crippen molar-refractivity contribution in [2.24, 2.45) is 0 Å². The predicted molar refractivity (Wildman–Crippen MR) is 131 cm³/mol. The number of hydrogen-bond acceptors (Lipinski definition) is 4. The lowest BCUT2D eigenvalue weighted by Crippen LogP contribution is -2.44. The minimum absolute atomic E-state index is 0.0309. The second kappa shape index (κ2) is 8.86. The van der Waals surface area contributed by atoms with Crippen LogP contribution in [0.15, 0.2) is 36.4 Å². The number of carbonyl (C=O) groups excluding carboxylic acids is 1. The number of alkyl halides is 4. The number of nitrogens with zero attached hydrogens (tertiary/aromatic N) is 3. The number of rotatable bonds is 6. The molecule has 178 valence electrons. The molecule has 1 aliphatic carbocycles. The largest absolute Gasteiger partial charge is 0.492 e. The van der Waals surface area contributed by atoms with Gasteiger partial charge in [0.25, 0.3) is 5.91 Å². The molecule has 5 nitrogen and oxygen atoms in total. The van der Waals surface area contributed by atoms with E-state index in [4.69, 9.17) is 22.2 Å². The Kier molecular flexibility index (Phi) is 6.38. The van der Waals surface area contributed by atoms with Crippen molar-refractivity contribution in [3.8, 4) is 11.8 Å². The third kappa shape index (κ3) is 4.27. The highest BCUT2D eigenvalue weighted by Gasteiger charge is 2.51. The van der Waals surface area contributed by atoms with Crippen molar-refractivity contribution in [3.05, 3.63) is 53.1 Å². The van der Waals surface area contributed by atoms with E-state index in [1.54, 1.807) is 30.9 Å². The van der Waals surface area contributed by atoms with Crippen LogP contribution in [0.4, 0.5) is 24.5 Å². The van der Waals surface area contributed by atoms with Crippen LogP contribution in [-0.2, 0) is 11.0 Å². The van der Waals surface area contributed by atoms with Crippen molar-refractivity contribution in [2.75, 3.05) is 21.7 Å². The van der Waals surface area contributed by atoms with E-state index >= 15 is 0 Å². The Morgan fingerprint density at radius 3 is 2.47 bits per heavy atom. The van der Waals surface area contributed by atoms with Gasteiger partial charge in [-0.25, -0.2) is 0 Å². The van der Waals surface area contributed by atoms with E-state index < -0.39 is 28.7 Å². The molecule has 1 aliphatic heterocycles. The summed E-state index contributed by atoms with van der Waals surface area (Å²) in [4.78, 5) is 16.2. The SMILES string of the molecule is CC1(C)C(=O)N(c2ccc(C#N)c(C(F)(F)F)c2)C(=S)N1c1ccc(OCCBr)c(C2CC2)c1. The Morgan fingerprint density at radius 2 is 1.88 bits per heavy atom. The molecule has 1 amide bonds. The summed E-state index contributed by atoms with van der Waals surface area (Å²) < 4.78 is 46.4. The fourth-order valence-corrected chi connectivity index (χ4v) is 4.81. The number of ether oxygens (including phenoxy) is 1. The summed E-state index contributed by atoms with van der Waals surface area (Å²) in [5.41, 5.74) is -1.09. The Hall–Kier alpha value is -2.64. The fraction of sp³-hybridized carbons (Fsp3) is 0.375. The first-order chi connectivity index (χ1) is 16.0. The first-order valence-corrected chi connectivity index (χ1v) is 12.2. The van der Waals surface area contributed by atoms with Crippen LogP contribution in [0.1, 0.15) is 49.3 Å². The molecule has 34 heavy (non-hydrogen) atoms. The van der Waals surface area contributed by atoms with Gasteiger partial charge in [0, 0.05) is 11.0 Å². The van der Waals surface area contributed by atoms with Gasteiger partial charge in [0.1, 0.15) is 11.3 Å². The smallest absolute Gasteiger partial charge is 0.417 e. The van der Waals surface area contributed by atoms with E-state index in [1.807, 2.05) is 12.1 Å². The van der Waals surface area contributed by atoms with Crippen LogP contribution in [-0.4, -0.2) is 28.5 Å². The van der Waals surface area contributed by atoms with Crippen LogP contribution in [0.25, 0.3) is 0 Å². The zero-order valence-corrected chi connectivity index (χ0v) is 20.9. The van der Waals surface area contributed by atoms with Crippen molar-refractivity contribution in [2.45, 2.75) is 44.3 Å². The van der Waals surface area contributed by atoms with Crippen molar-refractivity contribution in [1.29, 1.82) is 5.26 Å². The Balaban J connectivity index is 1.75. The Bertz CT molecular complexity index is 1200. The second-order valence-electron chi connectivity index (χ2n) is 8.69. The highest BCUT2D eigenvalue weighted by Crippen LogP contribution is 2.47. The summed E-state index contributed by atoms with van der Waals surface area (Å²) in [6, 6.07) is 10.3. The van der Waals surface area contributed by atoms with Gasteiger partial charge in [-0.15, -0.1) is 0 Å². The summed E-state index contributed by atoms with van der Waals surface area (Å²) in [6.45, 7) is 3.88. The summed E-state index contributed by atoms with van der Waals surface area (Å²) in [5, 5.41) is 9.85. The van der Waals surface area contributed by atoms with Crippen molar-refractivity contribution in [3.63, 3.8) is 0 Å². The summed E-state index contributed by atoms with van der Waals surface area (Å²) in [7, 11) is 0. The number of thiocarbonyl (C=S) groups is 1. The maximum Gasteiger partial charge on any atom is 0.417 e. The molecule has 0 unspecified atom stereocenters. The van der Waals surface area contributed by atoms with Crippen molar-refractivity contribution >= 4 is 50.5 Å². The number of amides is 1. The molecule has 1 saturated heterocycles. The van der Waals surface area contributed by atoms with Gasteiger partial charge in [-0.05, 0) is 86.8 Å². The number of halogens is 4. The van der Waals surface area contributed by atoms with E-state index in [0.717, 1.165) is 41.2 Å². The molecule has 2 fully saturated rings. The number of nitriles is 1. The molecule has 0 spiro atoms. The number of benzene rings is 2. The maximum atomic E-state index is 13.5. The van der Waals surface area contributed by atoms with E-state index in [-0.39, 0.29) is 10.8 Å². The molecule has 0 N–H and O–H groups in total. The number of carbonyl (C=O) groups is 1. The summed E-state index contributed by atoms with van der Waals surface area (Å²) >= 11 is 8.98. The molecule has 10 heteroatoms. The molecule has 2 aromatic carbocycles. The molecule has 2 aliphatic rings. The highest BCUT2D eigenvalue weighted by atomic mass is 79.9. The van der Waals surface area contributed by atoms with Crippen LogP contribution >= 0.6 is 28.1 Å². The van der Waals surface area contributed by atoms with Gasteiger partial charge in [-0.1, -0.05) is 15.9 Å². The zero-order valence-electron chi connectivity index (χ0n) is 18.4. The second-order valence-corrected chi connectivity index (χ2v) is 9.85. The maximum absolute atomic E-state index is 13.5. The molecule has 0 radical (unpaired) electrons. The minimum atomic E-state index is -4.75. The van der Waals surface area contributed by atoms with E-state index in [0.29, 0.717) is 23.5 Å². The Labute approximate surface area is 209 Å². The average molecular weight is 552 g/mol. The summed E-state index contributed by atoms with van der Waals surface area (Å²) in [5.74, 6) is 0.686. The van der Waals surface area contributed by atoms with E-state index in [1.165, 1.54) is 6.07 Å². The van der Waals surface area contributed by atoms with Crippen LogP contribution in [0.2, 0.25) is 0 Å². The standard InChI is InChI=1S/C24H21BrF3N3O2S/c1-23(2)21(32)30(16-6-5-15(13-29)19(12-16)24(26,27)28)22(34)31(23)17-7-8-20(33-10-9-25)18(11-17)14-3-4-14/h5-8,11-12,14H,3-4,9-10H2,1-2H3. The molecule has 2 aromatic rings. The van der Waals surface area contributed by atoms with Gasteiger partial charge in [0.2, 0.25) is 0 Å². The van der Waals surface area contributed by atoms with Crippen molar-refractivity contribution < 1.29 is 22.7 Å². The van der Waals surface area contributed by atoms with Gasteiger partial charge in [0.05, 0.1) is 29.5 Å². The lowest BCUT2D eigenvalue weighted by Gasteiger charge is -2.30. The fourth-order valence-electron chi connectivity index (χ4n) is 4.13. The molecular weight excluding hydrogens is 531 g/mol. The Morgan fingerprint density at radius 1 is 1.21 bits per heavy atom. The van der Waals surface area contributed by atoms with E-state index in [2.05, 4.69) is 15.9 Å². The number of anilines is 2. The molecule has 1 saturated carbocycles. The van der Waals surface area contributed by atoms with Crippen LogP contribution in [0, 0.1) is 11.3 Å². The molecule has 4 rings (SSSR count). The first-order valence-electron chi connectivity index (χ1n) is 10.6. The van der Waals surface area contributed by atoms with Crippen LogP contribution in [0.3, 0.4) is 0 Å². The lowest BCUT2D eigenvalue weighted by molar-refractivity contribution is -0.137. The van der Waals surface area contributed by atoms with Gasteiger partial charge in [-0.2, -0.15) is 18.4 Å². The van der Waals surface area contributed by atoms with Gasteiger partial charge < -0.3 is 9.64 Å². The molecular formula is C24H21BrF3N3O2S. The quantitative estimate of drug-likeness (QED) is 0.318. The monoisotopic (exact) mass is 551 g/mol. The topological polar surface area (TPSA) is 56.6 Å². The van der Waals surface area contributed by atoms with E-state index in [9.17, 15) is 18.0 Å². The predicted octanol–water partition coefficient (Wildman–Crippen LogP) is 6.14. The van der Waals surface area contributed by atoms with Gasteiger partial charge in [-0.3, -0.25) is 9.69 Å². The first kappa shape index (κ1) is 24.5. The minimum Gasteiger partial charge on any atom is -0.492 e. The lowest BCUT2D eigenvalue weighted by atomic mass is 10.0.